The third-order valence-electron chi connectivity index (χ3n) is 3.76. The number of carbonyl (C=O) groups is 1. The molecular weight excluding hydrogens is 255 g/mol. The van der Waals surface area contributed by atoms with Crippen LogP contribution < -0.4 is 11.1 Å². The van der Waals surface area contributed by atoms with Crippen molar-refractivity contribution in [1.82, 2.24) is 5.32 Å². The molecule has 1 saturated carbocycles. The van der Waals surface area contributed by atoms with Gasteiger partial charge in [-0.25, -0.2) is 4.39 Å². The largest absolute Gasteiger partial charge is 0.349 e. The summed E-state index contributed by atoms with van der Waals surface area (Å²) in [5, 5.41) is 2.87. The molecule has 0 radical (unpaired) electrons. The first kappa shape index (κ1) is 14.5. The molecule has 3 nitrogen and oxygen atoms in total. The highest BCUT2D eigenvalue weighted by Crippen LogP contribution is 2.29. The normalized spacial score (nSPS) is 15.8. The topological polar surface area (TPSA) is 55.1 Å². The number of hydrogen-bond donors (Lipinski definition) is 2. The number of carbonyl (C=O) groups excluding carboxylic acids is 1. The second-order valence-corrected chi connectivity index (χ2v) is 5.15. The molecular formula is C16H19FN2O. The molecule has 0 spiro atoms. The van der Waals surface area contributed by atoms with Crippen LogP contribution in [0.4, 0.5) is 4.39 Å². The summed E-state index contributed by atoms with van der Waals surface area (Å²) in [5.74, 6) is 5.01. The zero-order chi connectivity index (χ0) is 14.5. The Morgan fingerprint density at radius 2 is 2.30 bits per heavy atom. The Morgan fingerprint density at radius 3 is 2.85 bits per heavy atom. The first-order valence-electron chi connectivity index (χ1n) is 6.91. The SMILES string of the molecule is CC(NC(=O)c1ccc(C#CCN)cc1F)C1CCC1. The van der Waals surface area contributed by atoms with Crippen LogP contribution >= 0.6 is 0 Å². The van der Waals surface area contributed by atoms with Crippen LogP contribution in [0.25, 0.3) is 0 Å². The van der Waals surface area contributed by atoms with Gasteiger partial charge in [0.25, 0.3) is 5.91 Å². The average Bonchev–Trinajstić information content (AvgIpc) is 2.33. The molecule has 1 aliphatic carbocycles. The lowest BCUT2D eigenvalue weighted by Gasteiger charge is -2.31. The van der Waals surface area contributed by atoms with Crippen molar-refractivity contribution in [2.45, 2.75) is 32.2 Å². The van der Waals surface area contributed by atoms with E-state index in [4.69, 9.17) is 5.73 Å². The van der Waals surface area contributed by atoms with Gasteiger partial charge in [-0.15, -0.1) is 0 Å². The van der Waals surface area contributed by atoms with Gasteiger partial charge in [0.1, 0.15) is 5.82 Å². The van der Waals surface area contributed by atoms with E-state index in [0.717, 1.165) is 12.8 Å². The van der Waals surface area contributed by atoms with Gasteiger partial charge >= 0.3 is 0 Å². The van der Waals surface area contributed by atoms with E-state index in [0.29, 0.717) is 11.5 Å². The maximum absolute atomic E-state index is 13.9. The minimum atomic E-state index is -0.549. The van der Waals surface area contributed by atoms with Gasteiger partial charge in [-0.2, -0.15) is 0 Å². The van der Waals surface area contributed by atoms with Crippen molar-refractivity contribution in [2.75, 3.05) is 6.54 Å². The van der Waals surface area contributed by atoms with Crippen LogP contribution in [-0.2, 0) is 0 Å². The summed E-state index contributed by atoms with van der Waals surface area (Å²) in [6.45, 7) is 2.20. The summed E-state index contributed by atoms with van der Waals surface area (Å²) in [5.41, 5.74) is 5.85. The van der Waals surface area contributed by atoms with Crippen LogP contribution in [0.15, 0.2) is 18.2 Å². The molecule has 4 heteroatoms. The van der Waals surface area contributed by atoms with Crippen LogP contribution in [0.3, 0.4) is 0 Å². The smallest absolute Gasteiger partial charge is 0.254 e. The van der Waals surface area contributed by atoms with Crippen LogP contribution in [-0.4, -0.2) is 18.5 Å². The number of halogens is 1. The molecule has 106 valence electrons. The molecule has 0 aromatic heterocycles. The van der Waals surface area contributed by atoms with E-state index in [1.165, 1.54) is 18.6 Å². The summed E-state index contributed by atoms with van der Waals surface area (Å²) < 4.78 is 13.9. The van der Waals surface area contributed by atoms with Crippen molar-refractivity contribution in [3.8, 4) is 11.8 Å². The van der Waals surface area contributed by atoms with E-state index in [-0.39, 0.29) is 24.1 Å². The first-order chi connectivity index (χ1) is 9.61. The molecule has 0 heterocycles. The highest BCUT2D eigenvalue weighted by Gasteiger charge is 2.25. The van der Waals surface area contributed by atoms with Gasteiger partial charge in [0.05, 0.1) is 12.1 Å². The third kappa shape index (κ3) is 3.37. The van der Waals surface area contributed by atoms with Crippen molar-refractivity contribution in [2.24, 2.45) is 11.7 Å². The van der Waals surface area contributed by atoms with Crippen LogP contribution in [0.2, 0.25) is 0 Å². The van der Waals surface area contributed by atoms with E-state index in [1.807, 2.05) is 6.92 Å². The van der Waals surface area contributed by atoms with Gasteiger partial charge < -0.3 is 11.1 Å². The number of nitrogens with two attached hydrogens (primary N) is 1. The lowest BCUT2D eigenvalue weighted by molar-refractivity contribution is 0.0905. The number of amides is 1. The molecule has 1 atom stereocenters. The van der Waals surface area contributed by atoms with E-state index in [9.17, 15) is 9.18 Å². The highest BCUT2D eigenvalue weighted by molar-refractivity contribution is 5.94. The number of hydrogen-bond acceptors (Lipinski definition) is 2. The summed E-state index contributed by atoms with van der Waals surface area (Å²) >= 11 is 0. The fourth-order valence-electron chi connectivity index (χ4n) is 2.27. The minimum Gasteiger partial charge on any atom is -0.349 e. The standard InChI is InChI=1S/C16H19FN2O/c1-11(13-5-2-6-13)19-16(20)14-8-7-12(4-3-9-18)10-15(14)17/h7-8,10-11,13H,2,5-6,9,18H2,1H3,(H,19,20). The molecule has 1 unspecified atom stereocenters. The lowest BCUT2D eigenvalue weighted by atomic mass is 9.80. The van der Waals surface area contributed by atoms with Crippen molar-refractivity contribution in [3.63, 3.8) is 0 Å². The second-order valence-electron chi connectivity index (χ2n) is 5.15. The number of rotatable bonds is 3. The van der Waals surface area contributed by atoms with Gasteiger partial charge in [-0.05, 0) is 43.9 Å². The fraction of sp³-hybridized carbons (Fsp3) is 0.438. The maximum atomic E-state index is 13.9. The Kier molecular flexibility index (Phi) is 4.75. The van der Waals surface area contributed by atoms with Crippen LogP contribution in [0, 0.1) is 23.6 Å². The van der Waals surface area contributed by atoms with Crippen molar-refractivity contribution >= 4 is 5.91 Å². The summed E-state index contributed by atoms with van der Waals surface area (Å²) in [6.07, 6.45) is 3.49. The van der Waals surface area contributed by atoms with Gasteiger partial charge in [0.2, 0.25) is 0 Å². The quantitative estimate of drug-likeness (QED) is 0.829. The number of nitrogens with one attached hydrogen (secondary N) is 1. The predicted octanol–water partition coefficient (Wildman–Crippen LogP) is 2.05. The Hall–Kier alpha value is -1.86. The molecule has 1 aromatic carbocycles. The van der Waals surface area contributed by atoms with Gasteiger partial charge in [0, 0.05) is 11.6 Å². The Morgan fingerprint density at radius 1 is 1.55 bits per heavy atom. The van der Waals surface area contributed by atoms with Crippen LogP contribution in [0.1, 0.15) is 42.1 Å². The number of benzene rings is 1. The second kappa shape index (κ2) is 6.53. The molecule has 0 aliphatic heterocycles. The molecule has 1 aromatic rings. The summed E-state index contributed by atoms with van der Waals surface area (Å²) in [6, 6.07) is 4.46. The maximum Gasteiger partial charge on any atom is 0.254 e. The van der Waals surface area contributed by atoms with Crippen molar-refractivity contribution in [1.29, 1.82) is 0 Å². The van der Waals surface area contributed by atoms with E-state index in [2.05, 4.69) is 17.2 Å². The molecule has 0 saturated heterocycles. The highest BCUT2D eigenvalue weighted by atomic mass is 19.1. The van der Waals surface area contributed by atoms with E-state index >= 15 is 0 Å². The molecule has 1 amide bonds. The molecule has 20 heavy (non-hydrogen) atoms. The van der Waals surface area contributed by atoms with Gasteiger partial charge in [-0.1, -0.05) is 18.3 Å². The van der Waals surface area contributed by atoms with Crippen molar-refractivity contribution in [3.05, 3.63) is 35.1 Å². The Bertz CT molecular complexity index is 555. The van der Waals surface area contributed by atoms with E-state index < -0.39 is 5.82 Å². The molecule has 1 fully saturated rings. The third-order valence-corrected chi connectivity index (χ3v) is 3.76. The molecule has 2 rings (SSSR count). The van der Waals surface area contributed by atoms with Crippen LogP contribution in [0.5, 0.6) is 0 Å². The summed E-state index contributed by atoms with van der Waals surface area (Å²) in [7, 11) is 0. The zero-order valence-electron chi connectivity index (χ0n) is 11.6. The van der Waals surface area contributed by atoms with Gasteiger partial charge in [0.15, 0.2) is 0 Å². The first-order valence-corrected chi connectivity index (χ1v) is 6.91. The summed E-state index contributed by atoms with van der Waals surface area (Å²) in [4.78, 5) is 12.0. The molecule has 3 N–H and O–H groups in total. The minimum absolute atomic E-state index is 0.0643. The lowest BCUT2D eigenvalue weighted by Crippen LogP contribution is -2.40. The molecule has 1 aliphatic rings. The monoisotopic (exact) mass is 274 g/mol. The van der Waals surface area contributed by atoms with Gasteiger partial charge in [-0.3, -0.25) is 4.79 Å². The average molecular weight is 274 g/mol. The van der Waals surface area contributed by atoms with E-state index in [1.54, 1.807) is 6.07 Å². The Balaban J connectivity index is 2.05. The molecule has 0 bridgehead atoms. The fourth-order valence-corrected chi connectivity index (χ4v) is 2.27. The predicted molar refractivity (Wildman–Crippen MR) is 76.6 cm³/mol. The van der Waals surface area contributed by atoms with Crippen molar-refractivity contribution < 1.29 is 9.18 Å². The Labute approximate surface area is 118 Å². The zero-order valence-corrected chi connectivity index (χ0v) is 11.6.